The van der Waals surface area contributed by atoms with Crippen molar-refractivity contribution in [1.29, 1.82) is 0 Å². The minimum Gasteiger partial charge on any atom is -0.354 e. The van der Waals surface area contributed by atoms with Crippen LogP contribution in [-0.2, 0) is 32.6 Å². The van der Waals surface area contributed by atoms with Crippen LogP contribution in [0.4, 0.5) is 5.69 Å². The first-order valence-corrected chi connectivity index (χ1v) is 15.1. The van der Waals surface area contributed by atoms with Gasteiger partial charge in [-0.1, -0.05) is 83.0 Å². The predicted molar refractivity (Wildman–Crippen MR) is 155 cm³/mol. The van der Waals surface area contributed by atoms with E-state index in [9.17, 15) is 18.0 Å². The molecule has 0 radical (unpaired) electrons. The van der Waals surface area contributed by atoms with Gasteiger partial charge in [0.1, 0.15) is 12.6 Å². The largest absolute Gasteiger partial charge is 0.354 e. The summed E-state index contributed by atoms with van der Waals surface area (Å²) in [5, 5.41) is 2.93. The summed E-state index contributed by atoms with van der Waals surface area (Å²) in [7, 11) is -3.78. The molecular formula is C29H34BrN3O4S. The van der Waals surface area contributed by atoms with Gasteiger partial charge in [-0.05, 0) is 48.7 Å². The molecule has 0 heterocycles. The molecule has 1 N–H and O–H groups in total. The Hall–Kier alpha value is -3.17. The standard InChI is InChI=1S/C29H34BrN3O4S/c1-4-18-31-29(35)27(19-23-8-6-5-7-9-23)32(20-24-12-14-25(30)15-13-24)28(34)21-33(38(3,36)37)26-16-10-22(2)11-17-26/h5-17,27H,4,18-21H2,1-3H3,(H,31,35)/t27-/m0/s1. The predicted octanol–water partition coefficient (Wildman–Crippen LogP) is 4.69. The molecule has 0 saturated carbocycles. The van der Waals surface area contributed by atoms with Gasteiger partial charge in [0.05, 0.1) is 11.9 Å². The lowest BCUT2D eigenvalue weighted by Crippen LogP contribution is -2.53. The second-order valence-corrected chi connectivity index (χ2v) is 12.1. The molecule has 1 atom stereocenters. The van der Waals surface area contributed by atoms with E-state index in [1.807, 2.05) is 68.4 Å². The van der Waals surface area contributed by atoms with Gasteiger partial charge in [-0.2, -0.15) is 0 Å². The van der Waals surface area contributed by atoms with Crippen LogP contribution >= 0.6 is 15.9 Å². The van der Waals surface area contributed by atoms with Crippen LogP contribution in [0.5, 0.6) is 0 Å². The number of anilines is 1. The van der Waals surface area contributed by atoms with E-state index in [0.717, 1.165) is 38.1 Å². The summed E-state index contributed by atoms with van der Waals surface area (Å²) in [6.07, 6.45) is 2.12. The average Bonchev–Trinajstić information content (AvgIpc) is 2.89. The minimum atomic E-state index is -3.78. The second-order valence-electron chi connectivity index (χ2n) is 9.25. The maximum absolute atomic E-state index is 14.0. The Balaban J connectivity index is 2.02. The number of hydrogen-bond acceptors (Lipinski definition) is 4. The maximum Gasteiger partial charge on any atom is 0.244 e. The van der Waals surface area contributed by atoms with E-state index >= 15 is 0 Å². The van der Waals surface area contributed by atoms with Gasteiger partial charge in [0, 0.05) is 24.0 Å². The van der Waals surface area contributed by atoms with E-state index in [1.165, 1.54) is 4.90 Å². The summed E-state index contributed by atoms with van der Waals surface area (Å²) in [5.41, 5.74) is 3.09. The van der Waals surface area contributed by atoms with Crippen LogP contribution in [0.3, 0.4) is 0 Å². The molecule has 0 unspecified atom stereocenters. The first-order chi connectivity index (χ1) is 18.1. The van der Waals surface area contributed by atoms with Crippen molar-refractivity contribution < 1.29 is 18.0 Å². The summed E-state index contributed by atoms with van der Waals surface area (Å²) < 4.78 is 27.5. The number of rotatable bonds is 12. The SMILES string of the molecule is CCCNC(=O)[C@H](Cc1ccccc1)N(Cc1ccc(Br)cc1)C(=O)CN(c1ccc(C)cc1)S(C)(=O)=O. The molecule has 9 heteroatoms. The molecule has 0 aromatic heterocycles. The molecule has 0 saturated heterocycles. The van der Waals surface area contributed by atoms with E-state index in [4.69, 9.17) is 0 Å². The topological polar surface area (TPSA) is 86.8 Å². The summed E-state index contributed by atoms with van der Waals surface area (Å²) in [6.45, 7) is 4.06. The van der Waals surface area contributed by atoms with Crippen molar-refractivity contribution in [2.75, 3.05) is 23.7 Å². The highest BCUT2D eigenvalue weighted by Gasteiger charge is 2.32. The van der Waals surface area contributed by atoms with E-state index in [2.05, 4.69) is 21.2 Å². The highest BCUT2D eigenvalue weighted by atomic mass is 79.9. The number of carbonyl (C=O) groups excluding carboxylic acids is 2. The Bertz CT molecular complexity index is 1310. The Labute approximate surface area is 234 Å². The van der Waals surface area contributed by atoms with Gasteiger partial charge >= 0.3 is 0 Å². The molecule has 0 aliphatic rings. The Morgan fingerprint density at radius 3 is 2.13 bits per heavy atom. The number of aryl methyl sites for hydroxylation is 1. The molecule has 3 aromatic carbocycles. The van der Waals surface area contributed by atoms with Crippen LogP contribution in [0, 0.1) is 6.92 Å². The number of carbonyl (C=O) groups is 2. The van der Waals surface area contributed by atoms with E-state index in [-0.39, 0.29) is 12.5 Å². The van der Waals surface area contributed by atoms with Crippen LogP contribution in [0.15, 0.2) is 83.3 Å². The number of nitrogens with zero attached hydrogens (tertiary/aromatic N) is 2. The summed E-state index contributed by atoms with van der Waals surface area (Å²) in [4.78, 5) is 28.9. The quantitative estimate of drug-likeness (QED) is 0.327. The number of amides is 2. The van der Waals surface area contributed by atoms with Gasteiger partial charge in [0.25, 0.3) is 0 Å². The van der Waals surface area contributed by atoms with Crippen LogP contribution in [0.1, 0.15) is 30.0 Å². The number of halogens is 1. The first kappa shape index (κ1) is 29.4. The summed E-state index contributed by atoms with van der Waals surface area (Å²) in [6, 6.07) is 23.1. The minimum absolute atomic E-state index is 0.147. The van der Waals surface area contributed by atoms with Gasteiger partial charge in [-0.25, -0.2) is 8.42 Å². The molecular weight excluding hydrogens is 566 g/mol. The van der Waals surface area contributed by atoms with Gasteiger partial charge in [-0.15, -0.1) is 0 Å². The zero-order valence-electron chi connectivity index (χ0n) is 21.9. The normalized spacial score (nSPS) is 12.0. The van der Waals surface area contributed by atoms with E-state index < -0.39 is 28.5 Å². The van der Waals surface area contributed by atoms with Gasteiger partial charge in [0.2, 0.25) is 21.8 Å². The highest BCUT2D eigenvalue weighted by molar-refractivity contribution is 9.10. The zero-order chi connectivity index (χ0) is 27.7. The number of benzene rings is 3. The van der Waals surface area contributed by atoms with Crippen LogP contribution < -0.4 is 9.62 Å². The van der Waals surface area contributed by atoms with Gasteiger partial charge in [0.15, 0.2) is 0 Å². The fourth-order valence-corrected chi connectivity index (χ4v) is 5.15. The third-order valence-electron chi connectivity index (χ3n) is 6.09. The third kappa shape index (κ3) is 8.43. The van der Waals surface area contributed by atoms with E-state index in [1.54, 1.807) is 24.3 Å². The Morgan fingerprint density at radius 1 is 0.921 bits per heavy atom. The molecule has 0 fully saturated rings. The van der Waals surface area contributed by atoms with Crippen molar-refractivity contribution in [3.05, 3.63) is 100 Å². The lowest BCUT2D eigenvalue weighted by Gasteiger charge is -2.33. The van der Waals surface area contributed by atoms with Crippen molar-refractivity contribution in [3.63, 3.8) is 0 Å². The second kappa shape index (κ2) is 13.6. The smallest absolute Gasteiger partial charge is 0.244 e. The summed E-state index contributed by atoms with van der Waals surface area (Å²) in [5.74, 6) is -0.742. The molecule has 3 aromatic rings. The molecule has 38 heavy (non-hydrogen) atoms. The lowest BCUT2D eigenvalue weighted by atomic mass is 10.0. The van der Waals surface area contributed by atoms with Crippen molar-refractivity contribution in [1.82, 2.24) is 10.2 Å². The van der Waals surface area contributed by atoms with Crippen LogP contribution in [0.2, 0.25) is 0 Å². The molecule has 0 spiro atoms. The van der Waals surface area contributed by atoms with Crippen molar-refractivity contribution in [3.8, 4) is 0 Å². The lowest BCUT2D eigenvalue weighted by molar-refractivity contribution is -0.140. The monoisotopic (exact) mass is 599 g/mol. The number of nitrogens with one attached hydrogen (secondary N) is 1. The van der Waals surface area contributed by atoms with E-state index in [0.29, 0.717) is 18.7 Å². The van der Waals surface area contributed by atoms with Crippen LogP contribution in [-0.4, -0.2) is 50.5 Å². The fraction of sp³-hybridized carbons (Fsp3) is 0.310. The third-order valence-corrected chi connectivity index (χ3v) is 7.76. The Morgan fingerprint density at radius 2 is 1.55 bits per heavy atom. The number of sulfonamides is 1. The number of hydrogen-bond donors (Lipinski definition) is 1. The molecule has 7 nitrogen and oxygen atoms in total. The zero-order valence-corrected chi connectivity index (χ0v) is 24.3. The van der Waals surface area contributed by atoms with Crippen molar-refractivity contribution >= 4 is 43.5 Å². The summed E-state index contributed by atoms with van der Waals surface area (Å²) >= 11 is 3.43. The van der Waals surface area contributed by atoms with Crippen molar-refractivity contribution in [2.45, 2.75) is 39.3 Å². The molecule has 3 rings (SSSR count). The molecule has 2 amide bonds. The van der Waals surface area contributed by atoms with Crippen molar-refractivity contribution in [2.24, 2.45) is 0 Å². The molecule has 0 aliphatic carbocycles. The molecule has 0 aliphatic heterocycles. The molecule has 202 valence electrons. The highest BCUT2D eigenvalue weighted by Crippen LogP contribution is 2.21. The van der Waals surface area contributed by atoms with Gasteiger partial charge in [-0.3, -0.25) is 13.9 Å². The average molecular weight is 601 g/mol. The first-order valence-electron chi connectivity index (χ1n) is 12.5. The molecule has 0 bridgehead atoms. The van der Waals surface area contributed by atoms with Crippen LogP contribution in [0.25, 0.3) is 0 Å². The maximum atomic E-state index is 14.0. The van der Waals surface area contributed by atoms with Gasteiger partial charge < -0.3 is 10.2 Å². The fourth-order valence-electron chi connectivity index (χ4n) is 4.03. The Kier molecular flexibility index (Phi) is 10.5.